The van der Waals surface area contributed by atoms with Crippen molar-refractivity contribution in [2.75, 3.05) is 6.26 Å². The van der Waals surface area contributed by atoms with Crippen LogP contribution in [0.3, 0.4) is 0 Å². The van der Waals surface area contributed by atoms with E-state index in [1.165, 1.54) is 23.9 Å². The van der Waals surface area contributed by atoms with Crippen molar-refractivity contribution in [3.05, 3.63) is 30.1 Å². The van der Waals surface area contributed by atoms with Crippen molar-refractivity contribution in [1.82, 2.24) is 10.6 Å². The van der Waals surface area contributed by atoms with Crippen LogP contribution >= 0.6 is 11.8 Å². The Kier molecular flexibility index (Phi) is 9.28. The number of nitrogens with one attached hydrogen (secondary N) is 2. The van der Waals surface area contributed by atoms with E-state index >= 15 is 0 Å². The number of amides is 2. The van der Waals surface area contributed by atoms with Crippen LogP contribution < -0.4 is 10.6 Å². The lowest BCUT2D eigenvalue weighted by atomic mass is 10.0. The number of aliphatic imine (C=N–C) groups is 1. The molecule has 0 radical (unpaired) electrons. The SMILES string of the molecule is CSC(=Nc1ccc(F)cc1)C(C)NC(=O)C(NC(=O)OC(C)C)C(C)C. The topological polar surface area (TPSA) is 79.8 Å². The first-order valence-electron chi connectivity index (χ1n) is 8.79. The summed E-state index contributed by atoms with van der Waals surface area (Å²) >= 11 is 1.39. The van der Waals surface area contributed by atoms with Crippen molar-refractivity contribution in [3.8, 4) is 0 Å². The Morgan fingerprint density at radius 3 is 2.15 bits per heavy atom. The Hall–Kier alpha value is -2.09. The molecule has 150 valence electrons. The number of halogens is 1. The van der Waals surface area contributed by atoms with Gasteiger partial charge in [0, 0.05) is 0 Å². The fourth-order valence-corrected chi connectivity index (χ4v) is 2.85. The average Bonchev–Trinajstić information content (AvgIpc) is 2.58. The summed E-state index contributed by atoms with van der Waals surface area (Å²) in [7, 11) is 0. The zero-order valence-electron chi connectivity index (χ0n) is 16.6. The molecule has 0 heterocycles. The minimum absolute atomic E-state index is 0.122. The molecular formula is C19H28FN3O3S. The van der Waals surface area contributed by atoms with Crippen LogP contribution in [0.1, 0.15) is 34.6 Å². The van der Waals surface area contributed by atoms with Gasteiger partial charge in [-0.3, -0.25) is 4.79 Å². The monoisotopic (exact) mass is 397 g/mol. The fraction of sp³-hybridized carbons (Fsp3) is 0.526. The molecule has 1 aromatic rings. The van der Waals surface area contributed by atoms with Gasteiger partial charge in [-0.2, -0.15) is 0 Å². The Balaban J connectivity index is 2.83. The summed E-state index contributed by atoms with van der Waals surface area (Å²) in [5, 5.41) is 6.14. The number of thioether (sulfide) groups is 1. The van der Waals surface area contributed by atoms with E-state index in [4.69, 9.17) is 4.74 Å². The van der Waals surface area contributed by atoms with Crippen LogP contribution in [0, 0.1) is 11.7 Å². The van der Waals surface area contributed by atoms with E-state index in [1.54, 1.807) is 32.9 Å². The van der Waals surface area contributed by atoms with E-state index in [1.807, 2.05) is 20.1 Å². The van der Waals surface area contributed by atoms with Gasteiger partial charge in [0.15, 0.2) is 0 Å². The molecule has 2 atom stereocenters. The molecular weight excluding hydrogens is 369 g/mol. The minimum atomic E-state index is -0.729. The zero-order chi connectivity index (χ0) is 20.6. The van der Waals surface area contributed by atoms with E-state index in [-0.39, 0.29) is 29.8 Å². The molecule has 0 aliphatic heterocycles. The lowest BCUT2D eigenvalue weighted by Crippen LogP contribution is -2.53. The van der Waals surface area contributed by atoms with Crippen LogP contribution in [-0.4, -0.2) is 41.5 Å². The van der Waals surface area contributed by atoms with Gasteiger partial charge in [0.25, 0.3) is 0 Å². The minimum Gasteiger partial charge on any atom is -0.447 e. The van der Waals surface area contributed by atoms with Gasteiger partial charge in [0.2, 0.25) is 5.91 Å². The second-order valence-electron chi connectivity index (χ2n) is 6.68. The quantitative estimate of drug-likeness (QED) is 0.540. The summed E-state index contributed by atoms with van der Waals surface area (Å²) in [6.07, 6.45) is 0.950. The number of benzene rings is 1. The second kappa shape index (κ2) is 10.9. The highest BCUT2D eigenvalue weighted by molar-refractivity contribution is 8.13. The molecule has 0 aliphatic carbocycles. The van der Waals surface area contributed by atoms with Crippen LogP contribution in [0.15, 0.2) is 29.3 Å². The Bertz CT molecular complexity index is 663. The van der Waals surface area contributed by atoms with Crippen molar-refractivity contribution >= 4 is 34.5 Å². The standard InChI is InChI=1S/C19H28FN3O3S/c1-11(2)16(23-19(25)26-12(3)4)17(24)21-13(5)18(27-6)22-15-9-7-14(20)8-10-15/h7-13,16H,1-6H3,(H,21,24)(H,23,25). The third-order valence-electron chi connectivity index (χ3n) is 3.57. The van der Waals surface area contributed by atoms with Crippen LogP contribution in [0.2, 0.25) is 0 Å². The maximum atomic E-state index is 13.0. The molecule has 0 saturated carbocycles. The molecule has 0 aliphatic rings. The van der Waals surface area contributed by atoms with Crippen LogP contribution in [-0.2, 0) is 9.53 Å². The number of alkyl carbamates (subject to hydrolysis) is 1. The van der Waals surface area contributed by atoms with E-state index in [9.17, 15) is 14.0 Å². The first-order chi connectivity index (χ1) is 12.6. The van der Waals surface area contributed by atoms with E-state index in [2.05, 4.69) is 15.6 Å². The van der Waals surface area contributed by atoms with E-state index < -0.39 is 12.1 Å². The van der Waals surface area contributed by atoms with Gasteiger partial charge >= 0.3 is 6.09 Å². The molecule has 0 aromatic heterocycles. The lowest BCUT2D eigenvalue weighted by Gasteiger charge is -2.24. The molecule has 2 amide bonds. The van der Waals surface area contributed by atoms with E-state index in [0.29, 0.717) is 10.7 Å². The highest BCUT2D eigenvalue weighted by Crippen LogP contribution is 2.17. The molecule has 1 aromatic carbocycles. The van der Waals surface area contributed by atoms with Gasteiger partial charge in [-0.25, -0.2) is 14.2 Å². The molecule has 2 unspecified atom stereocenters. The van der Waals surface area contributed by atoms with Crippen molar-refractivity contribution in [1.29, 1.82) is 0 Å². The molecule has 0 saturated heterocycles. The summed E-state index contributed by atoms with van der Waals surface area (Å²) < 4.78 is 18.1. The summed E-state index contributed by atoms with van der Waals surface area (Å²) in [5.41, 5.74) is 0.598. The maximum absolute atomic E-state index is 13.0. The number of hydrogen-bond donors (Lipinski definition) is 2. The molecule has 0 fully saturated rings. The zero-order valence-corrected chi connectivity index (χ0v) is 17.4. The normalized spacial score (nSPS) is 14.0. The number of ether oxygens (including phenoxy) is 1. The maximum Gasteiger partial charge on any atom is 0.408 e. The van der Waals surface area contributed by atoms with Crippen molar-refractivity contribution in [3.63, 3.8) is 0 Å². The van der Waals surface area contributed by atoms with Gasteiger partial charge in [-0.1, -0.05) is 13.8 Å². The van der Waals surface area contributed by atoms with Gasteiger partial charge in [-0.05, 0) is 57.2 Å². The molecule has 6 nitrogen and oxygen atoms in total. The second-order valence-corrected chi connectivity index (χ2v) is 7.51. The van der Waals surface area contributed by atoms with Crippen molar-refractivity contribution in [2.24, 2.45) is 10.9 Å². The Labute approximate surface area is 164 Å². The van der Waals surface area contributed by atoms with Crippen LogP contribution in [0.25, 0.3) is 0 Å². The number of nitrogens with zero attached hydrogens (tertiary/aromatic N) is 1. The van der Waals surface area contributed by atoms with Gasteiger partial charge in [0.05, 0.1) is 22.9 Å². The number of carbonyl (C=O) groups is 2. The highest BCUT2D eigenvalue weighted by Gasteiger charge is 2.27. The summed E-state index contributed by atoms with van der Waals surface area (Å²) in [4.78, 5) is 28.9. The third-order valence-corrected chi connectivity index (χ3v) is 4.43. The highest BCUT2D eigenvalue weighted by atomic mass is 32.2. The first-order valence-corrected chi connectivity index (χ1v) is 10.0. The van der Waals surface area contributed by atoms with Gasteiger partial charge in [-0.15, -0.1) is 11.8 Å². The summed E-state index contributed by atoms with van der Waals surface area (Å²) in [6, 6.07) is 4.70. The number of hydrogen-bond acceptors (Lipinski definition) is 5. The number of carbonyl (C=O) groups excluding carboxylic acids is 2. The number of rotatable bonds is 7. The van der Waals surface area contributed by atoms with Crippen molar-refractivity contribution in [2.45, 2.75) is 52.8 Å². The molecule has 27 heavy (non-hydrogen) atoms. The smallest absolute Gasteiger partial charge is 0.408 e. The predicted molar refractivity (Wildman–Crippen MR) is 108 cm³/mol. The van der Waals surface area contributed by atoms with Crippen molar-refractivity contribution < 1.29 is 18.7 Å². The molecule has 8 heteroatoms. The molecule has 1 rings (SSSR count). The van der Waals surface area contributed by atoms with Gasteiger partial charge < -0.3 is 15.4 Å². The average molecular weight is 398 g/mol. The molecule has 2 N–H and O–H groups in total. The third kappa shape index (κ3) is 7.99. The first kappa shape index (κ1) is 23.0. The van der Waals surface area contributed by atoms with Gasteiger partial charge in [0.1, 0.15) is 11.9 Å². The Morgan fingerprint density at radius 2 is 1.67 bits per heavy atom. The predicted octanol–water partition coefficient (Wildman–Crippen LogP) is 3.88. The summed E-state index contributed by atoms with van der Waals surface area (Å²) in [6.45, 7) is 8.96. The lowest BCUT2D eigenvalue weighted by molar-refractivity contribution is -0.124. The Morgan fingerprint density at radius 1 is 1.07 bits per heavy atom. The largest absolute Gasteiger partial charge is 0.447 e. The van der Waals surface area contributed by atoms with Crippen LogP contribution in [0.5, 0.6) is 0 Å². The molecule has 0 spiro atoms. The van der Waals surface area contributed by atoms with Crippen LogP contribution in [0.4, 0.5) is 14.9 Å². The fourth-order valence-electron chi connectivity index (χ4n) is 2.24. The molecule has 0 bridgehead atoms. The summed E-state index contributed by atoms with van der Waals surface area (Å²) in [5.74, 6) is -0.775. The van der Waals surface area contributed by atoms with E-state index in [0.717, 1.165) is 0 Å².